The Hall–Kier alpha value is -1.13. The van der Waals surface area contributed by atoms with Crippen molar-refractivity contribution < 1.29 is 0 Å². The van der Waals surface area contributed by atoms with E-state index in [9.17, 15) is 0 Å². The van der Waals surface area contributed by atoms with Gasteiger partial charge >= 0.3 is 0 Å². The molecule has 2 aromatic rings. The first-order valence-electron chi connectivity index (χ1n) is 6.38. The second-order valence-electron chi connectivity index (χ2n) is 4.66. The molecule has 98 valence electrons. The van der Waals surface area contributed by atoms with Gasteiger partial charge in [0.1, 0.15) is 0 Å². The highest BCUT2D eigenvalue weighted by molar-refractivity contribution is 7.12. The molecule has 0 amide bonds. The Kier molecular flexibility index (Phi) is 3.88. The summed E-state index contributed by atoms with van der Waals surface area (Å²) in [5.41, 5.74) is 10.9. The first-order valence-corrected chi connectivity index (χ1v) is 7.19. The van der Waals surface area contributed by atoms with Gasteiger partial charge in [-0.05, 0) is 44.4 Å². The smallest absolute Gasteiger partial charge is 0.0673 e. The van der Waals surface area contributed by atoms with Crippen molar-refractivity contribution >= 4 is 11.3 Å². The first kappa shape index (κ1) is 13.3. The molecule has 2 aromatic heterocycles. The Balaban J connectivity index is 2.31. The molecule has 18 heavy (non-hydrogen) atoms. The summed E-state index contributed by atoms with van der Waals surface area (Å²) in [5.74, 6) is 0. The minimum atomic E-state index is 0.628. The van der Waals surface area contributed by atoms with E-state index in [2.05, 4.69) is 43.5 Å². The average molecular weight is 263 g/mol. The minimum Gasteiger partial charge on any atom is -0.326 e. The Labute approximate surface area is 113 Å². The van der Waals surface area contributed by atoms with Crippen molar-refractivity contribution in [1.29, 1.82) is 0 Å². The van der Waals surface area contributed by atoms with E-state index in [4.69, 9.17) is 5.73 Å². The molecule has 0 aromatic carbocycles. The van der Waals surface area contributed by atoms with Crippen molar-refractivity contribution in [2.24, 2.45) is 5.73 Å². The van der Waals surface area contributed by atoms with Gasteiger partial charge in [-0.15, -0.1) is 11.3 Å². The molecule has 0 aliphatic heterocycles. The van der Waals surface area contributed by atoms with Crippen LogP contribution in [0.4, 0.5) is 0 Å². The largest absolute Gasteiger partial charge is 0.326 e. The highest BCUT2D eigenvalue weighted by atomic mass is 32.1. The lowest BCUT2D eigenvalue weighted by molar-refractivity contribution is 0.657. The molecule has 0 atom stereocenters. The van der Waals surface area contributed by atoms with E-state index in [1.165, 1.54) is 26.6 Å². The van der Waals surface area contributed by atoms with Crippen LogP contribution in [0.25, 0.3) is 0 Å². The summed E-state index contributed by atoms with van der Waals surface area (Å²) in [6.45, 7) is 10.1. The number of aromatic nitrogens is 2. The zero-order valence-electron chi connectivity index (χ0n) is 11.6. The van der Waals surface area contributed by atoms with Gasteiger partial charge in [-0.2, -0.15) is 5.10 Å². The number of nitrogens with zero attached hydrogens (tertiary/aromatic N) is 2. The van der Waals surface area contributed by atoms with Gasteiger partial charge in [-0.3, -0.25) is 4.68 Å². The molecule has 2 rings (SSSR count). The van der Waals surface area contributed by atoms with Crippen LogP contribution in [0.3, 0.4) is 0 Å². The van der Waals surface area contributed by atoms with Crippen molar-refractivity contribution in [1.82, 2.24) is 9.78 Å². The van der Waals surface area contributed by atoms with Crippen LogP contribution in [0.2, 0.25) is 0 Å². The van der Waals surface area contributed by atoms with Crippen molar-refractivity contribution in [3.63, 3.8) is 0 Å². The van der Waals surface area contributed by atoms with Gasteiger partial charge in [0, 0.05) is 22.0 Å². The SMILES string of the molecule is CCc1c(C)nn(Cc2cc(CN)sc2C)c1C. The van der Waals surface area contributed by atoms with Crippen LogP contribution in [0.1, 0.15) is 39.2 Å². The molecule has 0 bridgehead atoms. The van der Waals surface area contributed by atoms with E-state index in [0.29, 0.717) is 6.54 Å². The predicted molar refractivity (Wildman–Crippen MR) is 77.1 cm³/mol. The molecule has 3 nitrogen and oxygen atoms in total. The summed E-state index contributed by atoms with van der Waals surface area (Å²) in [6.07, 6.45) is 1.05. The van der Waals surface area contributed by atoms with Crippen LogP contribution in [-0.2, 0) is 19.5 Å². The molecule has 0 saturated heterocycles. The molecule has 0 aliphatic rings. The number of hydrogen-bond acceptors (Lipinski definition) is 3. The molecule has 2 N–H and O–H groups in total. The molecule has 4 heteroatoms. The lowest BCUT2D eigenvalue weighted by Gasteiger charge is -2.04. The van der Waals surface area contributed by atoms with Gasteiger partial charge in [0.2, 0.25) is 0 Å². The van der Waals surface area contributed by atoms with Crippen LogP contribution in [0.5, 0.6) is 0 Å². The van der Waals surface area contributed by atoms with Crippen LogP contribution in [-0.4, -0.2) is 9.78 Å². The molecule has 2 heterocycles. The quantitative estimate of drug-likeness (QED) is 0.921. The predicted octanol–water partition coefficient (Wildman–Crippen LogP) is 2.94. The number of rotatable bonds is 4. The van der Waals surface area contributed by atoms with E-state index in [0.717, 1.165) is 18.7 Å². The molecular weight excluding hydrogens is 242 g/mol. The van der Waals surface area contributed by atoms with Crippen molar-refractivity contribution in [2.75, 3.05) is 0 Å². The third-order valence-corrected chi connectivity index (χ3v) is 4.59. The number of aryl methyl sites for hydroxylation is 2. The first-order chi connectivity index (χ1) is 8.56. The summed E-state index contributed by atoms with van der Waals surface area (Å²) < 4.78 is 2.11. The van der Waals surface area contributed by atoms with Gasteiger partial charge in [0.05, 0.1) is 12.2 Å². The fourth-order valence-corrected chi connectivity index (χ4v) is 3.34. The zero-order chi connectivity index (χ0) is 13.3. The summed E-state index contributed by atoms with van der Waals surface area (Å²) in [5, 5.41) is 4.64. The van der Waals surface area contributed by atoms with Crippen molar-refractivity contribution in [2.45, 2.75) is 47.2 Å². The maximum absolute atomic E-state index is 5.69. The maximum atomic E-state index is 5.69. The fraction of sp³-hybridized carbons (Fsp3) is 0.500. The van der Waals surface area contributed by atoms with Crippen molar-refractivity contribution in [3.8, 4) is 0 Å². The lowest BCUT2D eigenvalue weighted by Crippen LogP contribution is -2.04. The lowest BCUT2D eigenvalue weighted by atomic mass is 10.1. The summed E-state index contributed by atoms with van der Waals surface area (Å²) >= 11 is 1.79. The summed E-state index contributed by atoms with van der Waals surface area (Å²) in [4.78, 5) is 2.60. The monoisotopic (exact) mass is 263 g/mol. The fourth-order valence-electron chi connectivity index (χ4n) is 2.41. The van der Waals surface area contributed by atoms with Gasteiger partial charge in [-0.1, -0.05) is 6.92 Å². The van der Waals surface area contributed by atoms with E-state index in [-0.39, 0.29) is 0 Å². The normalized spacial score (nSPS) is 11.2. The summed E-state index contributed by atoms with van der Waals surface area (Å²) in [6, 6.07) is 2.21. The van der Waals surface area contributed by atoms with E-state index >= 15 is 0 Å². The standard InChI is InChI=1S/C14H21N3S/c1-5-14-9(2)16-17(10(14)3)8-12-6-13(7-15)18-11(12)4/h6H,5,7-8,15H2,1-4H3. The molecule has 0 radical (unpaired) electrons. The van der Waals surface area contributed by atoms with Crippen molar-refractivity contribution in [3.05, 3.63) is 38.3 Å². The van der Waals surface area contributed by atoms with Crippen LogP contribution in [0, 0.1) is 20.8 Å². The molecular formula is C14H21N3S. The minimum absolute atomic E-state index is 0.628. The second kappa shape index (κ2) is 5.24. The Morgan fingerprint density at radius 3 is 2.56 bits per heavy atom. The van der Waals surface area contributed by atoms with Crippen LogP contribution in [0.15, 0.2) is 6.07 Å². The van der Waals surface area contributed by atoms with E-state index in [1.54, 1.807) is 11.3 Å². The number of hydrogen-bond donors (Lipinski definition) is 1. The number of nitrogens with two attached hydrogens (primary N) is 1. The van der Waals surface area contributed by atoms with E-state index < -0.39 is 0 Å². The average Bonchev–Trinajstić information content (AvgIpc) is 2.82. The van der Waals surface area contributed by atoms with Gasteiger partial charge < -0.3 is 5.73 Å². The molecule has 0 aliphatic carbocycles. The van der Waals surface area contributed by atoms with Crippen LogP contribution < -0.4 is 5.73 Å². The van der Waals surface area contributed by atoms with Gasteiger partial charge in [-0.25, -0.2) is 0 Å². The molecule has 0 saturated carbocycles. The second-order valence-corrected chi connectivity index (χ2v) is 6.00. The number of thiophene rings is 1. The third kappa shape index (κ3) is 2.35. The molecule has 0 unspecified atom stereocenters. The molecule has 0 spiro atoms. The zero-order valence-corrected chi connectivity index (χ0v) is 12.4. The maximum Gasteiger partial charge on any atom is 0.0673 e. The topological polar surface area (TPSA) is 43.8 Å². The highest BCUT2D eigenvalue weighted by Crippen LogP contribution is 2.23. The van der Waals surface area contributed by atoms with Gasteiger partial charge in [0.15, 0.2) is 0 Å². The third-order valence-electron chi connectivity index (χ3n) is 3.48. The van der Waals surface area contributed by atoms with E-state index in [1.807, 2.05) is 0 Å². The Bertz CT molecular complexity index is 552. The van der Waals surface area contributed by atoms with Crippen LogP contribution >= 0.6 is 11.3 Å². The van der Waals surface area contributed by atoms with Gasteiger partial charge in [0.25, 0.3) is 0 Å². The summed E-state index contributed by atoms with van der Waals surface area (Å²) in [7, 11) is 0. The Morgan fingerprint density at radius 1 is 1.33 bits per heavy atom. The Morgan fingerprint density at radius 2 is 2.06 bits per heavy atom. The highest BCUT2D eigenvalue weighted by Gasteiger charge is 2.12. The molecule has 0 fully saturated rings.